The molecule has 2 amide bonds. The van der Waals surface area contributed by atoms with Crippen LogP contribution in [-0.4, -0.2) is 37.7 Å². The zero-order valence-electron chi connectivity index (χ0n) is 15.9. The summed E-state index contributed by atoms with van der Waals surface area (Å²) in [6.45, 7) is 0.488. The first-order chi connectivity index (χ1) is 13.7. The number of rotatable bonds is 7. The number of aryl methyl sites for hydroxylation is 1. The van der Waals surface area contributed by atoms with E-state index in [1.54, 1.807) is 28.7 Å². The summed E-state index contributed by atoms with van der Waals surface area (Å²) in [5.74, 6) is 2.55. The first kappa shape index (κ1) is 18.0. The molecule has 0 radical (unpaired) electrons. The number of nitrogens with zero attached hydrogens (tertiary/aromatic N) is 5. The molecule has 1 unspecified atom stereocenters. The van der Waals surface area contributed by atoms with E-state index in [0.29, 0.717) is 18.3 Å². The van der Waals surface area contributed by atoms with Gasteiger partial charge < -0.3 is 10.1 Å². The summed E-state index contributed by atoms with van der Waals surface area (Å²) in [5.41, 5.74) is 0.979. The second kappa shape index (κ2) is 7.71. The van der Waals surface area contributed by atoms with Gasteiger partial charge in [0.15, 0.2) is 0 Å². The monoisotopic (exact) mass is 381 g/mol. The van der Waals surface area contributed by atoms with Gasteiger partial charge in [0.25, 0.3) is 0 Å². The van der Waals surface area contributed by atoms with Crippen LogP contribution in [0, 0.1) is 5.92 Å². The molecule has 0 aliphatic heterocycles. The number of carbonyl (C=O) groups is 1. The highest BCUT2D eigenvalue weighted by atomic mass is 16.5. The minimum atomic E-state index is -0.290. The normalized spacial score (nSPS) is 14.5. The van der Waals surface area contributed by atoms with Crippen molar-refractivity contribution < 1.29 is 9.53 Å². The minimum absolute atomic E-state index is 0.155. The quantitative estimate of drug-likeness (QED) is 0.654. The van der Waals surface area contributed by atoms with Crippen molar-refractivity contribution in [3.63, 3.8) is 0 Å². The van der Waals surface area contributed by atoms with Gasteiger partial charge >= 0.3 is 6.03 Å². The number of benzene rings is 1. The first-order valence-corrected chi connectivity index (χ1v) is 9.21. The molecule has 0 bridgehead atoms. The summed E-state index contributed by atoms with van der Waals surface area (Å²) >= 11 is 0. The van der Waals surface area contributed by atoms with E-state index >= 15 is 0 Å². The van der Waals surface area contributed by atoms with Crippen LogP contribution < -0.4 is 15.4 Å². The lowest BCUT2D eigenvalue weighted by molar-refractivity contribution is 0.245. The summed E-state index contributed by atoms with van der Waals surface area (Å²) in [4.78, 5) is 16.9. The largest absolute Gasteiger partial charge is 0.496 e. The molecule has 0 spiro atoms. The highest BCUT2D eigenvalue weighted by molar-refractivity contribution is 5.88. The molecular formula is C19H23N7O2. The summed E-state index contributed by atoms with van der Waals surface area (Å²) in [5, 5.41) is 14.4. The number of methoxy groups -OCH3 is 1. The first-order valence-electron chi connectivity index (χ1n) is 9.21. The van der Waals surface area contributed by atoms with Crippen molar-refractivity contribution in [1.82, 2.24) is 29.9 Å². The van der Waals surface area contributed by atoms with Gasteiger partial charge in [-0.25, -0.2) is 14.5 Å². The second-order valence-electron chi connectivity index (χ2n) is 6.84. The van der Waals surface area contributed by atoms with Crippen molar-refractivity contribution in [2.45, 2.75) is 25.4 Å². The number of anilines is 1. The third kappa shape index (κ3) is 3.83. The van der Waals surface area contributed by atoms with Crippen molar-refractivity contribution in [3.05, 3.63) is 54.2 Å². The number of urea groups is 1. The highest BCUT2D eigenvalue weighted by Crippen LogP contribution is 2.40. The van der Waals surface area contributed by atoms with Gasteiger partial charge in [-0.3, -0.25) is 10.00 Å². The van der Waals surface area contributed by atoms with E-state index in [-0.39, 0.29) is 12.1 Å². The highest BCUT2D eigenvalue weighted by Gasteiger charge is 2.36. The molecule has 28 heavy (non-hydrogen) atoms. The zero-order valence-corrected chi connectivity index (χ0v) is 15.9. The number of ether oxygens (including phenoxy) is 1. The Morgan fingerprint density at radius 2 is 2.11 bits per heavy atom. The van der Waals surface area contributed by atoms with Gasteiger partial charge in [0, 0.05) is 18.7 Å². The topological polar surface area (TPSA) is 98.9 Å². The molecule has 1 atom stereocenters. The molecule has 1 aliphatic rings. The smallest absolute Gasteiger partial charge is 0.320 e. The number of hydrogen-bond acceptors (Lipinski definition) is 5. The van der Waals surface area contributed by atoms with Crippen molar-refractivity contribution in [2.24, 2.45) is 13.0 Å². The van der Waals surface area contributed by atoms with Crippen LogP contribution in [0.15, 0.2) is 42.9 Å². The van der Waals surface area contributed by atoms with Crippen molar-refractivity contribution >= 4 is 11.8 Å². The summed E-state index contributed by atoms with van der Waals surface area (Å²) in [7, 11) is 3.47. The van der Waals surface area contributed by atoms with Gasteiger partial charge in [-0.2, -0.15) is 10.2 Å². The van der Waals surface area contributed by atoms with Crippen LogP contribution in [-0.2, 0) is 13.6 Å². The molecule has 0 saturated heterocycles. The molecule has 3 aromatic rings. The average molecular weight is 381 g/mol. The number of carbonyl (C=O) groups excluding carboxylic acids is 1. The van der Waals surface area contributed by atoms with Gasteiger partial charge in [0.05, 0.1) is 25.9 Å². The maximum Gasteiger partial charge on any atom is 0.320 e. The van der Waals surface area contributed by atoms with E-state index in [1.807, 2.05) is 31.3 Å². The number of nitrogens with one attached hydrogen (secondary N) is 2. The molecule has 146 valence electrons. The molecule has 9 heteroatoms. The number of amides is 2. The SMILES string of the molecule is COc1ccccc1Cn1nccc1NC(=O)NC(c1ncnn1C)C1CC1. The molecule has 2 aromatic heterocycles. The van der Waals surface area contributed by atoms with Crippen LogP contribution in [0.3, 0.4) is 0 Å². The Morgan fingerprint density at radius 1 is 1.29 bits per heavy atom. The maximum absolute atomic E-state index is 12.6. The van der Waals surface area contributed by atoms with Gasteiger partial charge in [0.1, 0.15) is 23.7 Å². The summed E-state index contributed by atoms with van der Waals surface area (Å²) < 4.78 is 8.83. The Bertz CT molecular complexity index is 961. The van der Waals surface area contributed by atoms with Crippen molar-refractivity contribution in [3.8, 4) is 5.75 Å². The molecule has 2 N–H and O–H groups in total. The van der Waals surface area contributed by atoms with Crippen LogP contribution in [0.5, 0.6) is 5.75 Å². The predicted molar refractivity (Wildman–Crippen MR) is 103 cm³/mol. The Hall–Kier alpha value is -3.36. The van der Waals surface area contributed by atoms with Crippen LogP contribution in [0.2, 0.25) is 0 Å². The molecule has 4 rings (SSSR count). The van der Waals surface area contributed by atoms with E-state index in [9.17, 15) is 4.79 Å². The van der Waals surface area contributed by atoms with Crippen molar-refractivity contribution in [2.75, 3.05) is 12.4 Å². The number of hydrogen-bond donors (Lipinski definition) is 2. The Labute approximate surface area is 162 Å². The Balaban J connectivity index is 1.45. The average Bonchev–Trinajstić information content (AvgIpc) is 3.32. The van der Waals surface area contributed by atoms with Gasteiger partial charge in [-0.15, -0.1) is 0 Å². The third-order valence-electron chi connectivity index (χ3n) is 4.88. The Kier molecular flexibility index (Phi) is 4.96. The molecule has 1 aliphatic carbocycles. The standard InChI is InChI=1S/C19H23N7O2/c1-25-18(20-12-22-25)17(13-7-8-13)24-19(27)23-16-9-10-21-26(16)11-14-5-3-4-6-15(14)28-2/h3-6,9-10,12-13,17H,7-8,11H2,1-2H3,(H2,23,24,27). The second-order valence-corrected chi connectivity index (χ2v) is 6.84. The minimum Gasteiger partial charge on any atom is -0.496 e. The number of aromatic nitrogens is 5. The molecule has 1 saturated carbocycles. The number of para-hydroxylation sites is 1. The maximum atomic E-state index is 12.6. The summed E-state index contributed by atoms with van der Waals surface area (Å²) in [6.07, 6.45) is 5.31. The lowest BCUT2D eigenvalue weighted by Crippen LogP contribution is -2.35. The molecule has 1 fully saturated rings. The zero-order chi connectivity index (χ0) is 19.5. The van der Waals surface area contributed by atoms with E-state index in [1.165, 1.54) is 6.33 Å². The van der Waals surface area contributed by atoms with Crippen LogP contribution >= 0.6 is 0 Å². The fraction of sp³-hybridized carbons (Fsp3) is 0.368. The fourth-order valence-electron chi connectivity index (χ4n) is 3.26. The van der Waals surface area contributed by atoms with Gasteiger partial charge in [-0.05, 0) is 24.8 Å². The van der Waals surface area contributed by atoms with Gasteiger partial charge in [-0.1, -0.05) is 18.2 Å². The Morgan fingerprint density at radius 3 is 2.82 bits per heavy atom. The van der Waals surface area contributed by atoms with Crippen LogP contribution in [0.1, 0.15) is 30.3 Å². The van der Waals surface area contributed by atoms with Gasteiger partial charge in [0.2, 0.25) is 0 Å². The lowest BCUT2D eigenvalue weighted by Gasteiger charge is -2.18. The van der Waals surface area contributed by atoms with E-state index in [0.717, 1.165) is 30.0 Å². The fourth-order valence-corrected chi connectivity index (χ4v) is 3.26. The summed E-state index contributed by atoms with van der Waals surface area (Å²) in [6, 6.07) is 9.06. The lowest BCUT2D eigenvalue weighted by atomic mass is 10.2. The van der Waals surface area contributed by atoms with Crippen molar-refractivity contribution in [1.29, 1.82) is 0 Å². The molecule has 2 heterocycles. The van der Waals surface area contributed by atoms with E-state index in [2.05, 4.69) is 25.8 Å². The molecule has 1 aromatic carbocycles. The predicted octanol–water partition coefficient (Wildman–Crippen LogP) is 2.34. The van der Waals surface area contributed by atoms with E-state index in [4.69, 9.17) is 4.74 Å². The van der Waals surface area contributed by atoms with E-state index < -0.39 is 0 Å². The van der Waals surface area contributed by atoms with Crippen LogP contribution in [0.4, 0.5) is 10.6 Å². The van der Waals surface area contributed by atoms with Crippen LogP contribution in [0.25, 0.3) is 0 Å². The molecular weight excluding hydrogens is 358 g/mol. The molecule has 9 nitrogen and oxygen atoms in total. The third-order valence-corrected chi connectivity index (χ3v) is 4.88.